The Labute approximate surface area is 225 Å². The van der Waals surface area contributed by atoms with Gasteiger partial charge in [-0.2, -0.15) is 9.97 Å². The molecule has 2 N–H and O–H groups in total. The van der Waals surface area contributed by atoms with Crippen LogP contribution in [-0.2, 0) is 6.54 Å². The van der Waals surface area contributed by atoms with Crippen molar-refractivity contribution in [1.82, 2.24) is 15.3 Å². The van der Waals surface area contributed by atoms with Gasteiger partial charge in [0.25, 0.3) is 0 Å². The minimum atomic E-state index is 0.532. The predicted octanol–water partition coefficient (Wildman–Crippen LogP) is 4.83. The van der Waals surface area contributed by atoms with Crippen LogP contribution in [0, 0.1) is 12.8 Å². The molecule has 1 aromatic heterocycles. The second-order valence-corrected chi connectivity index (χ2v) is 10.6. The quantitative estimate of drug-likeness (QED) is 0.453. The Morgan fingerprint density at radius 1 is 0.892 bits per heavy atom. The van der Waals surface area contributed by atoms with Crippen LogP contribution >= 0.6 is 12.2 Å². The van der Waals surface area contributed by atoms with Crippen molar-refractivity contribution in [1.29, 1.82) is 0 Å². The summed E-state index contributed by atoms with van der Waals surface area (Å²) in [6, 6.07) is 21.3. The van der Waals surface area contributed by atoms with Gasteiger partial charge in [0.15, 0.2) is 5.11 Å². The van der Waals surface area contributed by atoms with Crippen LogP contribution < -0.4 is 25.3 Å². The van der Waals surface area contributed by atoms with Gasteiger partial charge in [-0.1, -0.05) is 55.0 Å². The summed E-state index contributed by atoms with van der Waals surface area (Å²) < 4.78 is 0. The highest BCUT2D eigenvalue weighted by Gasteiger charge is 2.23. The Hall–Kier alpha value is -3.39. The molecule has 2 aromatic carbocycles. The Morgan fingerprint density at radius 3 is 2.27 bits per heavy atom. The fourth-order valence-corrected chi connectivity index (χ4v) is 5.23. The molecule has 0 bridgehead atoms. The first-order valence-corrected chi connectivity index (χ1v) is 13.7. The van der Waals surface area contributed by atoms with Gasteiger partial charge in [-0.05, 0) is 55.6 Å². The molecule has 194 valence electrons. The maximum atomic E-state index is 5.61. The van der Waals surface area contributed by atoms with Crippen LogP contribution in [0.3, 0.4) is 0 Å². The van der Waals surface area contributed by atoms with E-state index in [1.807, 2.05) is 0 Å². The number of hydrogen-bond donors (Lipinski definition) is 2. The average Bonchev–Trinajstić information content (AvgIpc) is 2.93. The summed E-state index contributed by atoms with van der Waals surface area (Å²) in [5.41, 5.74) is 3.71. The standard InChI is InChI=1S/C29H37N7S/c1-22-10-12-24(13-11-22)20-30-29(37)33-28-31-26(19-27(32-28)36-14-6-7-23(2)21-36)35-17-15-34(16-18-35)25-8-4-3-5-9-25/h3-5,8-13,19,23H,6-7,14-18,20-21H2,1-2H3,(H2,30,31,32,33,37). The highest BCUT2D eigenvalue weighted by molar-refractivity contribution is 7.80. The van der Waals surface area contributed by atoms with Crippen molar-refractivity contribution in [2.24, 2.45) is 5.92 Å². The minimum Gasteiger partial charge on any atom is -0.368 e. The first kappa shape index (κ1) is 25.3. The van der Waals surface area contributed by atoms with Crippen LogP contribution in [0.25, 0.3) is 0 Å². The van der Waals surface area contributed by atoms with E-state index in [2.05, 4.69) is 99.8 Å². The zero-order chi connectivity index (χ0) is 25.6. The number of thiocarbonyl (C=S) groups is 1. The maximum Gasteiger partial charge on any atom is 0.232 e. The number of piperidine rings is 1. The van der Waals surface area contributed by atoms with Crippen LogP contribution in [0.5, 0.6) is 0 Å². The van der Waals surface area contributed by atoms with Gasteiger partial charge >= 0.3 is 0 Å². The second-order valence-electron chi connectivity index (χ2n) is 10.2. The lowest BCUT2D eigenvalue weighted by atomic mass is 10.0. The first-order valence-electron chi connectivity index (χ1n) is 13.3. The molecule has 2 aliphatic rings. The number of anilines is 4. The van der Waals surface area contributed by atoms with Gasteiger partial charge in [0.2, 0.25) is 5.95 Å². The highest BCUT2D eigenvalue weighted by Crippen LogP contribution is 2.27. The zero-order valence-corrected chi connectivity index (χ0v) is 22.7. The summed E-state index contributed by atoms with van der Waals surface area (Å²) in [5.74, 6) is 3.15. The Kier molecular flexibility index (Phi) is 8.04. The molecule has 0 radical (unpaired) electrons. The number of para-hydroxylation sites is 1. The number of benzene rings is 2. The molecular formula is C29H37N7S. The fraction of sp³-hybridized carbons (Fsp3) is 0.414. The summed E-state index contributed by atoms with van der Waals surface area (Å²) in [6.45, 7) is 10.9. The number of aryl methyl sites for hydroxylation is 1. The molecule has 2 fully saturated rings. The maximum absolute atomic E-state index is 5.61. The molecule has 2 saturated heterocycles. The summed E-state index contributed by atoms with van der Waals surface area (Å²) in [4.78, 5) is 17.0. The van der Waals surface area contributed by atoms with Crippen molar-refractivity contribution in [3.63, 3.8) is 0 Å². The molecule has 5 rings (SSSR count). The Balaban J connectivity index is 1.30. The molecule has 0 saturated carbocycles. The van der Waals surface area contributed by atoms with Crippen LogP contribution in [0.1, 0.15) is 30.9 Å². The molecule has 0 aliphatic carbocycles. The van der Waals surface area contributed by atoms with Crippen molar-refractivity contribution in [3.8, 4) is 0 Å². The lowest BCUT2D eigenvalue weighted by molar-refractivity contribution is 0.444. The van der Waals surface area contributed by atoms with Gasteiger partial charge in [-0.25, -0.2) is 0 Å². The van der Waals surface area contributed by atoms with Gasteiger partial charge in [-0.3, -0.25) is 0 Å². The molecular weight excluding hydrogens is 478 g/mol. The van der Waals surface area contributed by atoms with E-state index >= 15 is 0 Å². The van der Waals surface area contributed by atoms with E-state index in [4.69, 9.17) is 22.2 Å². The summed E-state index contributed by atoms with van der Waals surface area (Å²) in [5, 5.41) is 7.10. The van der Waals surface area contributed by atoms with Crippen LogP contribution in [0.15, 0.2) is 60.7 Å². The zero-order valence-electron chi connectivity index (χ0n) is 21.9. The van der Waals surface area contributed by atoms with Crippen molar-refractivity contribution in [2.75, 3.05) is 59.3 Å². The second kappa shape index (κ2) is 11.8. The van der Waals surface area contributed by atoms with Crippen molar-refractivity contribution in [2.45, 2.75) is 33.2 Å². The summed E-state index contributed by atoms with van der Waals surface area (Å²) in [7, 11) is 0. The van der Waals surface area contributed by atoms with E-state index < -0.39 is 0 Å². The third kappa shape index (κ3) is 6.68. The predicted molar refractivity (Wildman–Crippen MR) is 158 cm³/mol. The minimum absolute atomic E-state index is 0.532. The summed E-state index contributed by atoms with van der Waals surface area (Å²) in [6.07, 6.45) is 2.46. The van der Waals surface area contributed by atoms with Crippen molar-refractivity contribution in [3.05, 3.63) is 71.8 Å². The molecule has 2 aliphatic heterocycles. The number of piperazine rings is 1. The number of aromatic nitrogens is 2. The number of rotatable bonds is 6. The molecule has 0 amide bonds. The number of hydrogen-bond acceptors (Lipinski definition) is 6. The lowest BCUT2D eigenvalue weighted by Gasteiger charge is -2.37. The smallest absolute Gasteiger partial charge is 0.232 e. The molecule has 7 nitrogen and oxygen atoms in total. The molecule has 3 aromatic rings. The number of nitrogens with one attached hydrogen (secondary N) is 2. The lowest BCUT2D eigenvalue weighted by Crippen LogP contribution is -2.47. The van der Waals surface area contributed by atoms with E-state index in [9.17, 15) is 0 Å². The van der Waals surface area contributed by atoms with Crippen LogP contribution in [0.4, 0.5) is 23.3 Å². The van der Waals surface area contributed by atoms with E-state index in [1.54, 1.807) is 0 Å². The molecule has 0 spiro atoms. The Bertz CT molecular complexity index is 1180. The van der Waals surface area contributed by atoms with Gasteiger partial charge < -0.3 is 25.3 Å². The van der Waals surface area contributed by atoms with Gasteiger partial charge in [-0.15, -0.1) is 0 Å². The first-order chi connectivity index (χ1) is 18.0. The van der Waals surface area contributed by atoms with E-state index in [-0.39, 0.29) is 0 Å². The molecule has 8 heteroatoms. The topological polar surface area (TPSA) is 59.6 Å². The van der Waals surface area contributed by atoms with Crippen molar-refractivity contribution >= 4 is 40.6 Å². The van der Waals surface area contributed by atoms with E-state index in [0.29, 0.717) is 23.5 Å². The monoisotopic (exact) mass is 515 g/mol. The van der Waals surface area contributed by atoms with Crippen LogP contribution in [0.2, 0.25) is 0 Å². The summed E-state index contributed by atoms with van der Waals surface area (Å²) >= 11 is 5.61. The molecule has 37 heavy (non-hydrogen) atoms. The third-order valence-electron chi connectivity index (χ3n) is 7.20. The highest BCUT2D eigenvalue weighted by atomic mass is 32.1. The van der Waals surface area contributed by atoms with Gasteiger partial charge in [0.05, 0.1) is 0 Å². The fourth-order valence-electron chi connectivity index (χ4n) is 5.07. The average molecular weight is 516 g/mol. The van der Waals surface area contributed by atoms with E-state index in [1.165, 1.54) is 29.7 Å². The normalized spacial score (nSPS) is 18.0. The third-order valence-corrected chi connectivity index (χ3v) is 7.45. The van der Waals surface area contributed by atoms with Crippen molar-refractivity contribution < 1.29 is 0 Å². The molecule has 1 atom stereocenters. The molecule has 3 heterocycles. The molecule has 1 unspecified atom stereocenters. The van der Waals surface area contributed by atoms with Gasteiger partial charge in [0, 0.05) is 57.6 Å². The Morgan fingerprint density at radius 2 is 1.57 bits per heavy atom. The van der Waals surface area contributed by atoms with Gasteiger partial charge in [0.1, 0.15) is 11.6 Å². The van der Waals surface area contributed by atoms with E-state index in [0.717, 1.165) is 50.9 Å². The number of nitrogens with zero attached hydrogens (tertiary/aromatic N) is 5. The van der Waals surface area contributed by atoms with Crippen LogP contribution in [-0.4, -0.2) is 54.3 Å². The SMILES string of the molecule is Cc1ccc(CNC(=S)Nc2nc(N3CCN(c4ccccc4)CC3)cc(N3CCCC(C)C3)n2)cc1. The largest absolute Gasteiger partial charge is 0.368 e.